The Balaban J connectivity index is 1.79. The molecule has 2 aromatic heterocycles. The first-order valence-electron chi connectivity index (χ1n) is 7.92. The molecule has 2 aliphatic heterocycles. The van der Waals surface area contributed by atoms with E-state index in [9.17, 15) is 5.11 Å². The molecule has 0 spiro atoms. The lowest BCUT2D eigenvalue weighted by atomic mass is 10.1. The van der Waals surface area contributed by atoms with Gasteiger partial charge in [0.05, 0.1) is 27.2 Å². The van der Waals surface area contributed by atoms with Gasteiger partial charge in [0.25, 0.3) is 0 Å². The third-order valence-electron chi connectivity index (χ3n) is 4.32. The van der Waals surface area contributed by atoms with Crippen LogP contribution in [0.5, 0.6) is 11.9 Å². The van der Waals surface area contributed by atoms with E-state index in [-0.39, 0.29) is 18.7 Å². The van der Waals surface area contributed by atoms with Gasteiger partial charge in [0.1, 0.15) is 18.3 Å². The fourth-order valence-corrected chi connectivity index (χ4v) is 3.32. The molecule has 0 aromatic carbocycles. The van der Waals surface area contributed by atoms with Gasteiger partial charge in [-0.3, -0.25) is 4.57 Å². The lowest BCUT2D eigenvalue weighted by molar-refractivity contribution is -0.199. The Hall–Kier alpha value is -2.01. The van der Waals surface area contributed by atoms with Crippen LogP contribution in [0.3, 0.4) is 0 Å². The van der Waals surface area contributed by atoms with E-state index in [2.05, 4.69) is 15.0 Å². The number of aliphatic hydroxyl groups excluding tert-OH is 1. The molecule has 4 rings (SSSR count). The van der Waals surface area contributed by atoms with Crippen LogP contribution in [-0.4, -0.2) is 69.6 Å². The summed E-state index contributed by atoms with van der Waals surface area (Å²) in [7, 11) is 2.97. The van der Waals surface area contributed by atoms with Crippen LogP contribution in [0.15, 0.2) is 6.33 Å². The summed E-state index contributed by atoms with van der Waals surface area (Å²) in [6, 6.07) is 0.156. The van der Waals surface area contributed by atoms with E-state index in [1.54, 1.807) is 10.9 Å². The summed E-state index contributed by atoms with van der Waals surface area (Å²) in [5.74, 6) is -0.455. The molecule has 2 aliphatic rings. The molecule has 25 heavy (non-hydrogen) atoms. The van der Waals surface area contributed by atoms with Crippen molar-refractivity contribution in [1.29, 1.82) is 0 Å². The summed E-state index contributed by atoms with van der Waals surface area (Å²) >= 11 is 0. The third kappa shape index (κ3) is 2.53. The van der Waals surface area contributed by atoms with E-state index in [1.807, 2.05) is 13.8 Å². The molecule has 2 saturated heterocycles. The number of aliphatic hydroxyl groups is 1. The first kappa shape index (κ1) is 16.5. The van der Waals surface area contributed by atoms with Gasteiger partial charge in [0.15, 0.2) is 23.2 Å². The van der Waals surface area contributed by atoms with E-state index < -0.39 is 24.2 Å². The van der Waals surface area contributed by atoms with Crippen molar-refractivity contribution in [2.75, 3.05) is 20.8 Å². The number of hydrogen-bond acceptors (Lipinski definition) is 9. The maximum absolute atomic E-state index is 9.63. The van der Waals surface area contributed by atoms with Gasteiger partial charge in [-0.1, -0.05) is 0 Å². The average Bonchev–Trinajstić information content (AvgIpc) is 3.24. The lowest BCUT2D eigenvalue weighted by Gasteiger charge is -2.24. The van der Waals surface area contributed by atoms with Gasteiger partial charge in [-0.15, -0.1) is 0 Å². The van der Waals surface area contributed by atoms with Crippen LogP contribution in [0.1, 0.15) is 20.1 Å². The molecule has 136 valence electrons. The quantitative estimate of drug-likeness (QED) is 0.828. The second kappa shape index (κ2) is 5.77. The predicted molar refractivity (Wildman–Crippen MR) is 83.2 cm³/mol. The second-order valence-corrected chi connectivity index (χ2v) is 6.36. The largest absolute Gasteiger partial charge is 0.479 e. The van der Waals surface area contributed by atoms with Crippen molar-refractivity contribution in [1.82, 2.24) is 19.5 Å². The highest BCUT2D eigenvalue weighted by Gasteiger charge is 2.56. The van der Waals surface area contributed by atoms with Crippen LogP contribution in [0.2, 0.25) is 0 Å². The number of nitrogens with zero attached hydrogens (tertiary/aromatic N) is 4. The second-order valence-electron chi connectivity index (χ2n) is 6.36. The maximum atomic E-state index is 9.63. The van der Waals surface area contributed by atoms with Gasteiger partial charge in [0.2, 0.25) is 5.88 Å². The van der Waals surface area contributed by atoms with Gasteiger partial charge < -0.3 is 28.8 Å². The lowest BCUT2D eigenvalue weighted by Crippen LogP contribution is -2.31. The van der Waals surface area contributed by atoms with Crippen LogP contribution in [0, 0.1) is 0 Å². The molecule has 10 heteroatoms. The normalized spacial score (nSPS) is 30.6. The molecule has 0 unspecified atom stereocenters. The number of aromatic nitrogens is 4. The summed E-state index contributed by atoms with van der Waals surface area (Å²) in [6.45, 7) is 3.49. The molecule has 2 aromatic rings. The Morgan fingerprint density at radius 2 is 1.96 bits per heavy atom. The summed E-state index contributed by atoms with van der Waals surface area (Å²) in [4.78, 5) is 12.8. The van der Waals surface area contributed by atoms with Crippen molar-refractivity contribution in [2.24, 2.45) is 0 Å². The van der Waals surface area contributed by atoms with Crippen molar-refractivity contribution < 1.29 is 28.8 Å². The van der Waals surface area contributed by atoms with E-state index in [0.29, 0.717) is 17.0 Å². The Morgan fingerprint density at radius 1 is 1.20 bits per heavy atom. The van der Waals surface area contributed by atoms with E-state index in [0.717, 1.165) is 0 Å². The molecule has 10 nitrogen and oxygen atoms in total. The molecule has 2 fully saturated rings. The van der Waals surface area contributed by atoms with Crippen molar-refractivity contribution >= 4 is 11.2 Å². The van der Waals surface area contributed by atoms with Crippen LogP contribution in [0.4, 0.5) is 0 Å². The average molecular weight is 352 g/mol. The van der Waals surface area contributed by atoms with E-state index >= 15 is 0 Å². The smallest absolute Gasteiger partial charge is 0.321 e. The monoisotopic (exact) mass is 352 g/mol. The van der Waals surface area contributed by atoms with Crippen molar-refractivity contribution in [3.8, 4) is 11.9 Å². The zero-order valence-corrected chi connectivity index (χ0v) is 14.4. The van der Waals surface area contributed by atoms with E-state index in [4.69, 9.17) is 23.7 Å². The summed E-state index contributed by atoms with van der Waals surface area (Å²) in [6.07, 6.45) is -0.264. The molecular formula is C15H20N4O6. The summed E-state index contributed by atoms with van der Waals surface area (Å²) in [5, 5.41) is 9.63. The number of hydrogen-bond donors (Lipinski definition) is 1. The van der Waals surface area contributed by atoms with Gasteiger partial charge >= 0.3 is 6.01 Å². The van der Waals surface area contributed by atoms with Gasteiger partial charge in [0, 0.05) is 0 Å². The molecule has 4 heterocycles. The zero-order chi connectivity index (χ0) is 17.8. The van der Waals surface area contributed by atoms with Crippen molar-refractivity contribution in [3.63, 3.8) is 0 Å². The minimum absolute atomic E-state index is 0.156. The summed E-state index contributed by atoms with van der Waals surface area (Å²) < 4.78 is 29.9. The number of imidazole rings is 1. The number of ether oxygens (including phenoxy) is 5. The SMILES string of the molecule is COc1nc(OC)c2ncn([C@@H]3O[C@H](CO)[C@H]4OC(C)(C)O[C@H]43)c2n1. The minimum Gasteiger partial charge on any atom is -0.479 e. The molecule has 0 bridgehead atoms. The van der Waals surface area contributed by atoms with Crippen molar-refractivity contribution in [2.45, 2.75) is 44.2 Å². The fourth-order valence-electron chi connectivity index (χ4n) is 3.32. The first-order valence-corrected chi connectivity index (χ1v) is 7.92. The highest BCUT2D eigenvalue weighted by Crippen LogP contribution is 2.43. The van der Waals surface area contributed by atoms with Crippen LogP contribution >= 0.6 is 0 Å². The molecule has 1 N–H and O–H groups in total. The Bertz CT molecular complexity index is 794. The highest BCUT2D eigenvalue weighted by atomic mass is 16.8. The number of fused-ring (bicyclic) bond motifs is 2. The first-order chi connectivity index (χ1) is 12.0. The zero-order valence-electron chi connectivity index (χ0n) is 14.4. The van der Waals surface area contributed by atoms with Crippen LogP contribution in [0.25, 0.3) is 11.2 Å². The molecule has 4 atom stereocenters. The number of methoxy groups -OCH3 is 2. The Kier molecular flexibility index (Phi) is 3.80. The fraction of sp³-hybridized carbons (Fsp3) is 0.667. The van der Waals surface area contributed by atoms with Crippen LogP contribution < -0.4 is 9.47 Å². The van der Waals surface area contributed by atoms with E-state index in [1.165, 1.54) is 14.2 Å². The highest BCUT2D eigenvalue weighted by molar-refractivity contribution is 5.76. The summed E-state index contributed by atoms with van der Waals surface area (Å²) in [5.41, 5.74) is 0.966. The van der Waals surface area contributed by atoms with Gasteiger partial charge in [-0.25, -0.2) is 4.98 Å². The molecule has 0 aliphatic carbocycles. The predicted octanol–water partition coefficient (Wildman–Crippen LogP) is 0.253. The molecule has 0 saturated carbocycles. The minimum atomic E-state index is -0.758. The number of rotatable bonds is 4. The Morgan fingerprint density at radius 3 is 2.64 bits per heavy atom. The standard InChI is InChI=1S/C15H20N4O6/c1-15(2)24-9-7(5-20)23-13(10(9)25-15)19-6-16-8-11(19)17-14(22-4)18-12(8)21-3/h6-7,9-10,13,20H,5H2,1-4H3/t7-,9-,10-,13-/m1/s1. The topological polar surface area (TPSA) is 110 Å². The third-order valence-corrected chi connectivity index (χ3v) is 4.32. The molecule has 0 radical (unpaired) electrons. The Labute approximate surface area is 143 Å². The maximum Gasteiger partial charge on any atom is 0.321 e. The van der Waals surface area contributed by atoms with Crippen molar-refractivity contribution in [3.05, 3.63) is 6.33 Å². The van der Waals surface area contributed by atoms with Gasteiger partial charge in [-0.05, 0) is 13.8 Å². The van der Waals surface area contributed by atoms with Crippen LogP contribution in [-0.2, 0) is 14.2 Å². The molecular weight excluding hydrogens is 332 g/mol. The molecule has 0 amide bonds. The van der Waals surface area contributed by atoms with Gasteiger partial charge in [-0.2, -0.15) is 9.97 Å².